The predicted octanol–water partition coefficient (Wildman–Crippen LogP) is 1.26. The lowest BCUT2D eigenvalue weighted by molar-refractivity contribution is 0.158. The van der Waals surface area contributed by atoms with E-state index < -0.39 is 6.10 Å². The monoisotopic (exact) mass is 183 g/mol. The van der Waals surface area contributed by atoms with Crippen molar-refractivity contribution < 1.29 is 5.11 Å². The normalized spacial score (nSPS) is 27.2. The third-order valence-electron chi connectivity index (χ3n) is 2.34. The highest BCUT2D eigenvalue weighted by Gasteiger charge is 2.28. The van der Waals surface area contributed by atoms with E-state index in [4.69, 9.17) is 17.3 Å². The molecule has 0 bridgehead atoms. The zero-order valence-corrected chi connectivity index (χ0v) is 7.25. The molecule has 0 heterocycles. The van der Waals surface area contributed by atoms with Crippen molar-refractivity contribution >= 4 is 11.6 Å². The minimum Gasteiger partial charge on any atom is -0.391 e. The average Bonchev–Trinajstić information content (AvgIpc) is 2.32. The molecule has 0 radical (unpaired) electrons. The van der Waals surface area contributed by atoms with Gasteiger partial charge in [0.15, 0.2) is 0 Å². The Hall–Kier alpha value is -0.570. The topological polar surface area (TPSA) is 46.2 Å². The molecule has 0 unspecified atom stereocenters. The number of hydrogen-bond donors (Lipinski definition) is 2. The number of fused-ring (bicyclic) bond motifs is 1. The maximum atomic E-state index is 9.46. The van der Waals surface area contributed by atoms with Crippen LogP contribution >= 0.6 is 11.6 Å². The molecule has 2 atom stereocenters. The lowest BCUT2D eigenvalue weighted by Crippen LogP contribution is -2.21. The highest BCUT2D eigenvalue weighted by atomic mass is 35.5. The van der Waals surface area contributed by atoms with Crippen LogP contribution in [0.4, 0.5) is 0 Å². The van der Waals surface area contributed by atoms with E-state index >= 15 is 0 Å². The highest BCUT2D eigenvalue weighted by molar-refractivity contribution is 6.31. The van der Waals surface area contributed by atoms with Gasteiger partial charge in [-0.25, -0.2) is 0 Å². The van der Waals surface area contributed by atoms with Crippen LogP contribution in [0.15, 0.2) is 18.2 Å². The van der Waals surface area contributed by atoms with Gasteiger partial charge in [-0.15, -0.1) is 0 Å². The molecule has 1 aliphatic carbocycles. The Labute approximate surface area is 76.0 Å². The van der Waals surface area contributed by atoms with E-state index in [0.29, 0.717) is 11.4 Å². The second-order valence-corrected chi connectivity index (χ2v) is 3.51. The molecule has 3 N–H and O–H groups in total. The van der Waals surface area contributed by atoms with E-state index in [1.165, 1.54) is 0 Å². The molecule has 3 heteroatoms. The fourth-order valence-corrected chi connectivity index (χ4v) is 1.91. The number of hydrogen-bond acceptors (Lipinski definition) is 2. The standard InChI is InChI=1S/C9H10ClNO/c10-7-3-1-2-5-6(7)4-8(12)9(5)11/h1-3,8-9,12H,4,11H2/t8-,9-/m0/s1. The molecule has 2 rings (SSSR count). The van der Waals surface area contributed by atoms with Crippen molar-refractivity contribution in [3.05, 3.63) is 34.3 Å². The van der Waals surface area contributed by atoms with Gasteiger partial charge < -0.3 is 10.8 Å². The molecule has 0 amide bonds. The third kappa shape index (κ3) is 1.04. The maximum absolute atomic E-state index is 9.46. The first-order valence-corrected chi connectivity index (χ1v) is 4.29. The van der Waals surface area contributed by atoms with Crippen LogP contribution in [0.2, 0.25) is 5.02 Å². The molecule has 1 aliphatic rings. The van der Waals surface area contributed by atoms with Crippen molar-refractivity contribution in [1.82, 2.24) is 0 Å². The van der Waals surface area contributed by atoms with Gasteiger partial charge in [-0.05, 0) is 17.2 Å². The molecule has 0 aliphatic heterocycles. The van der Waals surface area contributed by atoms with Gasteiger partial charge in [-0.3, -0.25) is 0 Å². The number of nitrogens with two attached hydrogens (primary N) is 1. The van der Waals surface area contributed by atoms with Crippen LogP contribution < -0.4 is 5.73 Å². The Morgan fingerprint density at radius 3 is 2.92 bits per heavy atom. The van der Waals surface area contributed by atoms with Gasteiger partial charge in [0.05, 0.1) is 12.1 Å². The second-order valence-electron chi connectivity index (χ2n) is 3.10. The Balaban J connectivity index is 2.53. The van der Waals surface area contributed by atoms with Gasteiger partial charge in [-0.2, -0.15) is 0 Å². The summed E-state index contributed by atoms with van der Waals surface area (Å²) in [6.45, 7) is 0. The molecule has 1 aromatic carbocycles. The van der Waals surface area contributed by atoms with E-state index in [-0.39, 0.29) is 6.04 Å². The third-order valence-corrected chi connectivity index (χ3v) is 2.70. The van der Waals surface area contributed by atoms with Crippen LogP contribution in [-0.2, 0) is 6.42 Å². The summed E-state index contributed by atoms with van der Waals surface area (Å²) < 4.78 is 0. The van der Waals surface area contributed by atoms with E-state index in [0.717, 1.165) is 11.1 Å². The first-order valence-electron chi connectivity index (χ1n) is 3.91. The molecule has 12 heavy (non-hydrogen) atoms. The minimum atomic E-state index is -0.472. The molecule has 0 aromatic heterocycles. The molecular weight excluding hydrogens is 174 g/mol. The first-order chi connectivity index (χ1) is 5.70. The van der Waals surface area contributed by atoms with Crippen LogP contribution in [0.5, 0.6) is 0 Å². The lowest BCUT2D eigenvalue weighted by Gasteiger charge is -2.07. The predicted molar refractivity (Wildman–Crippen MR) is 48.1 cm³/mol. The minimum absolute atomic E-state index is 0.265. The summed E-state index contributed by atoms with van der Waals surface area (Å²) in [5, 5.41) is 10.2. The Morgan fingerprint density at radius 2 is 2.25 bits per heavy atom. The molecule has 1 aromatic rings. The first kappa shape index (κ1) is 8.05. The number of aliphatic hydroxyl groups is 1. The van der Waals surface area contributed by atoms with E-state index in [2.05, 4.69) is 0 Å². The Morgan fingerprint density at radius 1 is 1.50 bits per heavy atom. The Bertz CT molecular complexity index is 313. The molecule has 2 nitrogen and oxygen atoms in total. The molecule has 0 saturated carbocycles. The number of aliphatic hydroxyl groups excluding tert-OH is 1. The summed E-state index contributed by atoms with van der Waals surface area (Å²) in [4.78, 5) is 0. The van der Waals surface area contributed by atoms with Gasteiger partial charge in [0.2, 0.25) is 0 Å². The van der Waals surface area contributed by atoms with E-state index in [1.54, 1.807) is 0 Å². The summed E-state index contributed by atoms with van der Waals surface area (Å²) in [5.41, 5.74) is 7.73. The van der Waals surface area contributed by atoms with Crippen LogP contribution in [0.25, 0.3) is 0 Å². The summed E-state index contributed by atoms with van der Waals surface area (Å²) in [7, 11) is 0. The molecule has 0 fully saturated rings. The van der Waals surface area contributed by atoms with Crippen molar-refractivity contribution in [1.29, 1.82) is 0 Å². The Kier molecular flexibility index (Phi) is 1.83. The summed E-state index contributed by atoms with van der Waals surface area (Å²) in [6, 6.07) is 5.34. The van der Waals surface area contributed by atoms with Gasteiger partial charge in [0.1, 0.15) is 0 Å². The molecular formula is C9H10ClNO. The maximum Gasteiger partial charge on any atom is 0.0773 e. The van der Waals surface area contributed by atoms with Crippen molar-refractivity contribution in [3.63, 3.8) is 0 Å². The largest absolute Gasteiger partial charge is 0.391 e. The van der Waals surface area contributed by atoms with Crippen LogP contribution in [-0.4, -0.2) is 11.2 Å². The zero-order chi connectivity index (χ0) is 8.72. The van der Waals surface area contributed by atoms with Gasteiger partial charge >= 0.3 is 0 Å². The van der Waals surface area contributed by atoms with Gasteiger partial charge in [-0.1, -0.05) is 23.7 Å². The van der Waals surface area contributed by atoms with Crippen molar-refractivity contribution in [3.8, 4) is 0 Å². The molecule has 0 saturated heterocycles. The van der Waals surface area contributed by atoms with E-state index in [1.807, 2.05) is 18.2 Å². The molecule has 0 spiro atoms. The van der Waals surface area contributed by atoms with Crippen molar-refractivity contribution in [2.75, 3.05) is 0 Å². The number of rotatable bonds is 0. The number of halogens is 1. The summed E-state index contributed by atoms with van der Waals surface area (Å²) in [6.07, 6.45) is 0.107. The van der Waals surface area contributed by atoms with Gasteiger partial charge in [0, 0.05) is 11.4 Å². The fourth-order valence-electron chi connectivity index (χ4n) is 1.65. The molecule has 64 valence electrons. The highest BCUT2D eigenvalue weighted by Crippen LogP contribution is 2.33. The van der Waals surface area contributed by atoms with Crippen LogP contribution in [0.3, 0.4) is 0 Å². The van der Waals surface area contributed by atoms with Crippen LogP contribution in [0, 0.1) is 0 Å². The fraction of sp³-hybridized carbons (Fsp3) is 0.333. The average molecular weight is 184 g/mol. The summed E-state index contributed by atoms with van der Waals surface area (Å²) in [5.74, 6) is 0. The zero-order valence-electron chi connectivity index (χ0n) is 6.50. The van der Waals surface area contributed by atoms with Crippen molar-refractivity contribution in [2.45, 2.75) is 18.6 Å². The van der Waals surface area contributed by atoms with Crippen LogP contribution in [0.1, 0.15) is 17.2 Å². The van der Waals surface area contributed by atoms with Crippen molar-refractivity contribution in [2.24, 2.45) is 5.73 Å². The summed E-state index contributed by atoms with van der Waals surface area (Å²) >= 11 is 5.93. The van der Waals surface area contributed by atoms with Gasteiger partial charge in [0.25, 0.3) is 0 Å². The quantitative estimate of drug-likeness (QED) is 0.636. The smallest absolute Gasteiger partial charge is 0.0773 e. The van der Waals surface area contributed by atoms with E-state index in [9.17, 15) is 5.11 Å². The number of benzene rings is 1. The lowest BCUT2D eigenvalue weighted by atomic mass is 10.1. The second kappa shape index (κ2) is 2.73. The SMILES string of the molecule is N[C@H]1c2cccc(Cl)c2C[C@@H]1O.